The highest BCUT2D eigenvalue weighted by Crippen LogP contribution is 2.33. The highest BCUT2D eigenvalue weighted by Gasteiger charge is 2.28. The minimum absolute atomic E-state index is 0.00219. The number of hydrogen-bond acceptors (Lipinski definition) is 7. The molecule has 2 N–H and O–H groups in total. The van der Waals surface area contributed by atoms with Crippen molar-refractivity contribution in [3.63, 3.8) is 0 Å². The molecule has 124 valence electrons. The van der Waals surface area contributed by atoms with Crippen LogP contribution < -0.4 is 5.32 Å². The van der Waals surface area contributed by atoms with Gasteiger partial charge in [-0.3, -0.25) is 10.1 Å². The summed E-state index contributed by atoms with van der Waals surface area (Å²) in [5.41, 5.74) is -1.03. The van der Waals surface area contributed by atoms with Crippen LogP contribution >= 0.6 is 11.3 Å². The molecule has 0 bridgehead atoms. The summed E-state index contributed by atoms with van der Waals surface area (Å²) in [6.45, 7) is 1.58. The number of thiophene rings is 1. The molecule has 0 aliphatic rings. The first kappa shape index (κ1) is 17.4. The van der Waals surface area contributed by atoms with E-state index in [1.807, 2.05) is 5.38 Å². The van der Waals surface area contributed by atoms with Crippen LogP contribution in [0.15, 0.2) is 39.9 Å². The lowest BCUT2D eigenvalue weighted by Crippen LogP contribution is -2.30. The number of anilines is 1. The Bertz CT molecular complexity index is 814. The summed E-state index contributed by atoms with van der Waals surface area (Å²) in [6, 6.07) is 5.78. The van der Waals surface area contributed by atoms with E-state index < -0.39 is 26.0 Å². The van der Waals surface area contributed by atoms with Gasteiger partial charge in [0, 0.05) is 12.8 Å². The van der Waals surface area contributed by atoms with Crippen LogP contribution in [0.5, 0.6) is 0 Å². The number of aliphatic hydroxyl groups is 1. The Hall–Kier alpha value is -1.97. The molecule has 2 aromatic rings. The van der Waals surface area contributed by atoms with Gasteiger partial charge < -0.3 is 10.4 Å². The van der Waals surface area contributed by atoms with Gasteiger partial charge in [0.15, 0.2) is 9.84 Å². The topological polar surface area (TPSA) is 110 Å². The number of nitrogens with zero attached hydrogens (tertiary/aromatic N) is 1. The molecule has 1 unspecified atom stereocenters. The average molecular weight is 356 g/mol. The molecule has 1 aromatic heterocycles. The van der Waals surface area contributed by atoms with Gasteiger partial charge in [-0.1, -0.05) is 6.07 Å². The van der Waals surface area contributed by atoms with Gasteiger partial charge in [0.1, 0.15) is 16.2 Å². The minimum atomic E-state index is -3.74. The largest absolute Gasteiger partial charge is 0.384 e. The normalized spacial score (nSPS) is 14.2. The SMILES string of the molecule is CC(O)(CNc1cccc(S(C)(=O)=O)c1[N+](=O)[O-])c1ccsc1. The van der Waals surface area contributed by atoms with E-state index in [9.17, 15) is 23.6 Å². The van der Waals surface area contributed by atoms with Gasteiger partial charge in [0.05, 0.1) is 4.92 Å². The van der Waals surface area contributed by atoms with E-state index in [2.05, 4.69) is 5.32 Å². The van der Waals surface area contributed by atoms with Crippen LogP contribution in [0.25, 0.3) is 0 Å². The number of benzene rings is 1. The molecule has 2 rings (SSSR count). The first-order chi connectivity index (χ1) is 10.6. The Balaban J connectivity index is 2.36. The third kappa shape index (κ3) is 3.87. The van der Waals surface area contributed by atoms with E-state index in [1.54, 1.807) is 18.4 Å². The zero-order valence-corrected chi connectivity index (χ0v) is 14.1. The van der Waals surface area contributed by atoms with Crippen molar-refractivity contribution >= 4 is 32.5 Å². The second kappa shape index (κ2) is 6.26. The van der Waals surface area contributed by atoms with E-state index in [4.69, 9.17) is 0 Å². The zero-order valence-electron chi connectivity index (χ0n) is 12.5. The first-order valence-corrected chi connectivity index (χ1v) is 9.43. The van der Waals surface area contributed by atoms with Crippen molar-refractivity contribution in [2.24, 2.45) is 0 Å². The van der Waals surface area contributed by atoms with E-state index in [-0.39, 0.29) is 17.1 Å². The fraction of sp³-hybridized carbons (Fsp3) is 0.286. The van der Waals surface area contributed by atoms with Crippen molar-refractivity contribution < 1.29 is 18.4 Å². The van der Waals surface area contributed by atoms with E-state index in [0.717, 1.165) is 6.26 Å². The molecule has 7 nitrogen and oxygen atoms in total. The molecule has 0 aliphatic carbocycles. The molecule has 0 fully saturated rings. The highest BCUT2D eigenvalue weighted by molar-refractivity contribution is 7.90. The lowest BCUT2D eigenvalue weighted by molar-refractivity contribution is -0.386. The van der Waals surface area contributed by atoms with Gasteiger partial charge in [-0.25, -0.2) is 8.42 Å². The first-order valence-electron chi connectivity index (χ1n) is 6.59. The molecule has 1 atom stereocenters. The number of nitro groups is 1. The Kier molecular flexibility index (Phi) is 4.73. The number of sulfone groups is 1. The van der Waals surface area contributed by atoms with Crippen molar-refractivity contribution in [3.8, 4) is 0 Å². The second-order valence-electron chi connectivity index (χ2n) is 5.32. The monoisotopic (exact) mass is 356 g/mol. The molecule has 1 heterocycles. The molecular formula is C14H16N2O5S2. The number of rotatable bonds is 6. The molecular weight excluding hydrogens is 340 g/mol. The number of nitrogens with one attached hydrogen (secondary N) is 1. The number of nitro benzene ring substituents is 1. The average Bonchev–Trinajstić information content (AvgIpc) is 2.98. The third-order valence-electron chi connectivity index (χ3n) is 3.35. The summed E-state index contributed by atoms with van der Waals surface area (Å²) < 4.78 is 23.4. The van der Waals surface area contributed by atoms with Crippen LogP contribution in [0, 0.1) is 10.1 Å². The third-order valence-corrected chi connectivity index (χ3v) is 5.16. The zero-order chi connectivity index (χ0) is 17.3. The van der Waals surface area contributed by atoms with E-state index in [1.165, 1.54) is 29.5 Å². The van der Waals surface area contributed by atoms with E-state index in [0.29, 0.717) is 5.56 Å². The van der Waals surface area contributed by atoms with E-state index >= 15 is 0 Å². The van der Waals surface area contributed by atoms with Gasteiger partial charge in [0.25, 0.3) is 0 Å². The summed E-state index contributed by atoms with van der Waals surface area (Å²) in [7, 11) is -3.74. The maximum absolute atomic E-state index is 11.7. The Morgan fingerprint density at radius 3 is 2.61 bits per heavy atom. The summed E-state index contributed by atoms with van der Waals surface area (Å²) >= 11 is 1.43. The molecule has 9 heteroatoms. The molecule has 0 spiro atoms. The van der Waals surface area contributed by atoms with Gasteiger partial charge in [-0.15, -0.1) is 0 Å². The Labute approximate surface area is 137 Å². The maximum atomic E-state index is 11.7. The number of para-hydroxylation sites is 1. The summed E-state index contributed by atoms with van der Waals surface area (Å²) in [6.07, 6.45) is 0.917. The van der Waals surface area contributed by atoms with Crippen LogP contribution in [0.1, 0.15) is 12.5 Å². The Morgan fingerprint density at radius 1 is 1.39 bits per heavy atom. The molecule has 23 heavy (non-hydrogen) atoms. The summed E-state index contributed by atoms with van der Waals surface area (Å²) in [5, 5.41) is 28.1. The van der Waals surface area contributed by atoms with Gasteiger partial charge in [-0.2, -0.15) is 11.3 Å². The van der Waals surface area contributed by atoms with Crippen LogP contribution in [0.2, 0.25) is 0 Å². The van der Waals surface area contributed by atoms with Gasteiger partial charge >= 0.3 is 5.69 Å². The van der Waals surface area contributed by atoms with Crippen LogP contribution in [0.4, 0.5) is 11.4 Å². The summed E-state index contributed by atoms with van der Waals surface area (Å²) in [4.78, 5) is 10.2. The lowest BCUT2D eigenvalue weighted by atomic mass is 9.99. The molecule has 0 saturated heterocycles. The highest BCUT2D eigenvalue weighted by atomic mass is 32.2. The van der Waals surface area contributed by atoms with Crippen molar-refractivity contribution in [2.75, 3.05) is 18.1 Å². The lowest BCUT2D eigenvalue weighted by Gasteiger charge is -2.23. The van der Waals surface area contributed by atoms with Gasteiger partial charge in [0.2, 0.25) is 0 Å². The minimum Gasteiger partial charge on any atom is -0.384 e. The van der Waals surface area contributed by atoms with Gasteiger partial charge in [-0.05, 0) is 41.4 Å². The molecule has 1 aromatic carbocycles. The van der Waals surface area contributed by atoms with Crippen LogP contribution in [-0.4, -0.2) is 31.2 Å². The number of hydrogen-bond donors (Lipinski definition) is 2. The predicted octanol–water partition coefficient (Wildman–Crippen LogP) is 2.38. The molecule has 0 radical (unpaired) electrons. The van der Waals surface area contributed by atoms with Crippen molar-refractivity contribution in [1.29, 1.82) is 0 Å². The van der Waals surface area contributed by atoms with Crippen molar-refractivity contribution in [2.45, 2.75) is 17.4 Å². The van der Waals surface area contributed by atoms with Crippen molar-refractivity contribution in [1.82, 2.24) is 0 Å². The molecule has 0 saturated carbocycles. The van der Waals surface area contributed by atoms with Crippen molar-refractivity contribution in [3.05, 3.63) is 50.7 Å². The van der Waals surface area contributed by atoms with Crippen LogP contribution in [-0.2, 0) is 15.4 Å². The quantitative estimate of drug-likeness (QED) is 0.607. The second-order valence-corrected chi connectivity index (χ2v) is 8.09. The van der Waals surface area contributed by atoms with Crippen LogP contribution in [0.3, 0.4) is 0 Å². The summed E-state index contributed by atoms with van der Waals surface area (Å²) in [5.74, 6) is 0. The molecule has 0 aliphatic heterocycles. The predicted molar refractivity (Wildman–Crippen MR) is 88.6 cm³/mol. The fourth-order valence-electron chi connectivity index (χ4n) is 2.09. The Morgan fingerprint density at radius 2 is 2.09 bits per heavy atom. The maximum Gasteiger partial charge on any atom is 0.310 e. The standard InChI is InChI=1S/C14H16N2O5S2/c1-14(17,10-6-7-22-8-10)9-15-11-4-3-5-12(23(2,20)21)13(11)16(18)19/h3-8,15,17H,9H2,1-2H3. The fourth-order valence-corrected chi connectivity index (χ4v) is 3.74. The molecule has 0 amide bonds. The smallest absolute Gasteiger partial charge is 0.310 e.